The summed E-state index contributed by atoms with van der Waals surface area (Å²) in [5.41, 5.74) is 2.24. The third-order valence-electron chi connectivity index (χ3n) is 4.53. The summed E-state index contributed by atoms with van der Waals surface area (Å²) in [5.74, 6) is 0.176. The highest BCUT2D eigenvalue weighted by molar-refractivity contribution is 7.93. The lowest BCUT2D eigenvalue weighted by Gasteiger charge is -2.20. The minimum absolute atomic E-state index is 0.0245. The molecule has 8 heteroatoms. The van der Waals surface area contributed by atoms with Crippen LogP contribution in [0.2, 0.25) is 0 Å². The van der Waals surface area contributed by atoms with Crippen LogP contribution in [0.25, 0.3) is 0 Å². The second kappa shape index (κ2) is 8.67. The molecule has 152 valence electrons. The van der Waals surface area contributed by atoms with E-state index in [4.69, 9.17) is 4.74 Å². The van der Waals surface area contributed by atoms with Gasteiger partial charge in [0.1, 0.15) is 15.5 Å². The van der Waals surface area contributed by atoms with Crippen LogP contribution in [0.4, 0.5) is 11.4 Å². The van der Waals surface area contributed by atoms with E-state index in [1.165, 1.54) is 13.1 Å². The molecule has 6 nitrogen and oxygen atoms in total. The molecule has 1 heterocycles. The number of sulfonamides is 1. The highest BCUT2D eigenvalue weighted by Crippen LogP contribution is 2.29. The average molecular weight is 431 g/mol. The van der Waals surface area contributed by atoms with Crippen molar-refractivity contribution in [2.45, 2.75) is 18.2 Å². The SMILES string of the molecule is CCc1ccc(NC(=O)c2sccc2S(=O)(=O)N(C)c2ccc(OC)cc2)cc1. The zero-order valence-corrected chi connectivity index (χ0v) is 18.0. The Kier molecular flexibility index (Phi) is 6.24. The first-order valence-electron chi connectivity index (χ1n) is 8.97. The van der Waals surface area contributed by atoms with Crippen LogP contribution in [0.15, 0.2) is 64.9 Å². The highest BCUT2D eigenvalue weighted by Gasteiger charge is 2.28. The van der Waals surface area contributed by atoms with Crippen molar-refractivity contribution < 1.29 is 17.9 Å². The zero-order valence-electron chi connectivity index (χ0n) is 16.4. The van der Waals surface area contributed by atoms with E-state index >= 15 is 0 Å². The van der Waals surface area contributed by atoms with E-state index < -0.39 is 15.9 Å². The molecule has 0 aliphatic heterocycles. The van der Waals surface area contributed by atoms with Gasteiger partial charge in [-0.05, 0) is 59.8 Å². The van der Waals surface area contributed by atoms with Crippen molar-refractivity contribution in [3.63, 3.8) is 0 Å². The lowest BCUT2D eigenvalue weighted by Crippen LogP contribution is -2.28. The van der Waals surface area contributed by atoms with Gasteiger partial charge < -0.3 is 10.1 Å². The number of carbonyl (C=O) groups is 1. The molecule has 1 N–H and O–H groups in total. The number of benzene rings is 2. The maximum atomic E-state index is 13.1. The van der Waals surface area contributed by atoms with Crippen molar-refractivity contribution >= 4 is 38.6 Å². The molecule has 0 atom stereocenters. The van der Waals surface area contributed by atoms with Crippen molar-refractivity contribution in [1.29, 1.82) is 0 Å². The van der Waals surface area contributed by atoms with E-state index in [1.807, 2.05) is 24.3 Å². The third-order valence-corrected chi connectivity index (χ3v) is 7.40. The second-order valence-electron chi connectivity index (χ2n) is 6.29. The summed E-state index contributed by atoms with van der Waals surface area (Å²) in [6, 6.07) is 15.6. The van der Waals surface area contributed by atoms with Gasteiger partial charge in [0, 0.05) is 12.7 Å². The van der Waals surface area contributed by atoms with Crippen LogP contribution in [0.3, 0.4) is 0 Å². The summed E-state index contributed by atoms with van der Waals surface area (Å²) in [6.07, 6.45) is 0.902. The first kappa shape index (κ1) is 20.9. The molecule has 0 unspecified atom stereocenters. The van der Waals surface area contributed by atoms with Crippen molar-refractivity contribution in [3.05, 3.63) is 70.4 Å². The van der Waals surface area contributed by atoms with Gasteiger partial charge in [-0.1, -0.05) is 19.1 Å². The summed E-state index contributed by atoms with van der Waals surface area (Å²) >= 11 is 1.09. The van der Waals surface area contributed by atoms with Gasteiger partial charge in [0.25, 0.3) is 15.9 Å². The predicted octanol–water partition coefficient (Wildman–Crippen LogP) is 4.40. The fourth-order valence-electron chi connectivity index (χ4n) is 2.76. The van der Waals surface area contributed by atoms with Crippen LogP contribution < -0.4 is 14.4 Å². The molecule has 0 spiro atoms. The van der Waals surface area contributed by atoms with E-state index in [0.29, 0.717) is 17.1 Å². The number of aryl methyl sites for hydroxylation is 1. The third kappa shape index (κ3) is 4.44. The molecule has 0 radical (unpaired) electrons. The second-order valence-corrected chi connectivity index (χ2v) is 9.14. The molecular formula is C21H22N2O4S2. The summed E-state index contributed by atoms with van der Waals surface area (Å²) in [6.45, 7) is 2.05. The number of nitrogens with zero attached hydrogens (tertiary/aromatic N) is 1. The van der Waals surface area contributed by atoms with E-state index in [1.54, 1.807) is 36.8 Å². The average Bonchev–Trinajstić information content (AvgIpc) is 3.25. The lowest BCUT2D eigenvalue weighted by atomic mass is 10.1. The topological polar surface area (TPSA) is 75.7 Å². The molecule has 0 saturated carbocycles. The number of anilines is 2. The first-order chi connectivity index (χ1) is 13.9. The fourth-order valence-corrected chi connectivity index (χ4v) is 5.25. The summed E-state index contributed by atoms with van der Waals surface area (Å²) in [4.78, 5) is 12.9. The number of hydrogen-bond acceptors (Lipinski definition) is 5. The number of hydrogen-bond donors (Lipinski definition) is 1. The van der Waals surface area contributed by atoms with Crippen LogP contribution in [0.5, 0.6) is 5.75 Å². The van der Waals surface area contributed by atoms with Crippen LogP contribution in [0, 0.1) is 0 Å². The van der Waals surface area contributed by atoms with Gasteiger partial charge in [0.05, 0.1) is 12.8 Å². The first-order valence-corrected chi connectivity index (χ1v) is 11.3. The van der Waals surface area contributed by atoms with Gasteiger partial charge in [0.15, 0.2) is 0 Å². The van der Waals surface area contributed by atoms with E-state index in [2.05, 4.69) is 12.2 Å². The Bertz CT molecular complexity index is 1090. The maximum Gasteiger partial charge on any atom is 0.267 e. The molecule has 29 heavy (non-hydrogen) atoms. The van der Waals surface area contributed by atoms with Gasteiger partial charge in [-0.3, -0.25) is 9.10 Å². The van der Waals surface area contributed by atoms with Crippen molar-refractivity contribution in [2.75, 3.05) is 23.8 Å². The molecular weight excluding hydrogens is 408 g/mol. The molecule has 0 aliphatic rings. The van der Waals surface area contributed by atoms with Crippen LogP contribution in [-0.2, 0) is 16.4 Å². The van der Waals surface area contributed by atoms with Crippen LogP contribution >= 0.6 is 11.3 Å². The minimum atomic E-state index is -3.90. The Morgan fingerprint density at radius 2 is 1.72 bits per heavy atom. The van der Waals surface area contributed by atoms with E-state index in [-0.39, 0.29) is 9.77 Å². The molecule has 1 aromatic heterocycles. The Balaban J connectivity index is 1.85. The van der Waals surface area contributed by atoms with Crippen molar-refractivity contribution in [2.24, 2.45) is 0 Å². The number of carbonyl (C=O) groups excluding carboxylic acids is 1. The van der Waals surface area contributed by atoms with Gasteiger partial charge >= 0.3 is 0 Å². The summed E-state index contributed by atoms with van der Waals surface area (Å²) in [7, 11) is -0.903. The Morgan fingerprint density at radius 1 is 1.07 bits per heavy atom. The van der Waals surface area contributed by atoms with E-state index in [9.17, 15) is 13.2 Å². The Hall–Kier alpha value is -2.84. The Morgan fingerprint density at radius 3 is 2.31 bits per heavy atom. The van der Waals surface area contributed by atoms with Gasteiger partial charge in [-0.2, -0.15) is 0 Å². The number of amides is 1. The van der Waals surface area contributed by atoms with Crippen molar-refractivity contribution in [3.8, 4) is 5.75 Å². The highest BCUT2D eigenvalue weighted by atomic mass is 32.2. The van der Waals surface area contributed by atoms with Crippen LogP contribution in [-0.4, -0.2) is 28.5 Å². The normalized spacial score (nSPS) is 11.1. The van der Waals surface area contributed by atoms with Gasteiger partial charge in [0.2, 0.25) is 0 Å². The quantitative estimate of drug-likeness (QED) is 0.603. The summed E-state index contributed by atoms with van der Waals surface area (Å²) < 4.78 is 32.5. The molecule has 3 aromatic rings. The van der Waals surface area contributed by atoms with E-state index in [0.717, 1.165) is 27.6 Å². The summed E-state index contributed by atoms with van der Waals surface area (Å²) in [5, 5.41) is 4.37. The van der Waals surface area contributed by atoms with Gasteiger partial charge in [-0.15, -0.1) is 11.3 Å². The number of rotatable bonds is 7. The molecule has 2 aromatic carbocycles. The largest absolute Gasteiger partial charge is 0.497 e. The zero-order chi connectivity index (χ0) is 21.0. The monoisotopic (exact) mass is 430 g/mol. The number of ether oxygens (including phenoxy) is 1. The van der Waals surface area contributed by atoms with Gasteiger partial charge in [-0.25, -0.2) is 8.42 Å². The standard InChI is InChI=1S/C21H22N2O4S2/c1-4-15-5-7-16(8-6-15)22-21(24)20-19(13-14-28-20)29(25,26)23(2)17-9-11-18(27-3)12-10-17/h5-14H,4H2,1-3H3,(H,22,24). The fraction of sp³-hybridized carbons (Fsp3) is 0.190. The molecule has 1 amide bonds. The molecule has 0 bridgehead atoms. The van der Waals surface area contributed by atoms with Crippen molar-refractivity contribution in [1.82, 2.24) is 0 Å². The number of nitrogens with one attached hydrogen (secondary N) is 1. The molecule has 3 rings (SSSR count). The number of thiophene rings is 1. The minimum Gasteiger partial charge on any atom is -0.497 e. The Labute approximate surface area is 174 Å². The predicted molar refractivity (Wildman–Crippen MR) is 117 cm³/mol. The number of methoxy groups -OCH3 is 1. The molecule has 0 aliphatic carbocycles. The molecule has 0 saturated heterocycles. The maximum absolute atomic E-state index is 13.1. The lowest BCUT2D eigenvalue weighted by molar-refractivity contribution is 0.102. The smallest absolute Gasteiger partial charge is 0.267 e. The van der Waals surface area contributed by atoms with Crippen LogP contribution in [0.1, 0.15) is 22.2 Å². The molecule has 0 fully saturated rings.